The van der Waals surface area contributed by atoms with Gasteiger partial charge >= 0.3 is 0 Å². The highest BCUT2D eigenvalue weighted by atomic mass is 35.5. The number of benzene rings is 1. The summed E-state index contributed by atoms with van der Waals surface area (Å²) in [5.41, 5.74) is 1.48. The third-order valence-electron chi connectivity index (χ3n) is 4.10. The van der Waals surface area contributed by atoms with E-state index in [0.717, 1.165) is 5.56 Å². The van der Waals surface area contributed by atoms with Gasteiger partial charge in [0.05, 0.1) is 12.6 Å². The summed E-state index contributed by atoms with van der Waals surface area (Å²) in [5.74, 6) is -0.183. The molecule has 0 N–H and O–H groups in total. The zero-order valence-corrected chi connectivity index (χ0v) is 13.9. The van der Waals surface area contributed by atoms with E-state index in [2.05, 4.69) is 16.0 Å². The predicted octanol–water partition coefficient (Wildman–Crippen LogP) is 2.59. The number of carbonyl (C=O) groups excluding carboxylic acids is 1. The van der Waals surface area contributed by atoms with E-state index in [1.54, 1.807) is 17.0 Å². The third-order valence-corrected chi connectivity index (χ3v) is 4.33. The van der Waals surface area contributed by atoms with Crippen molar-refractivity contribution in [2.45, 2.75) is 12.6 Å². The second-order valence-electron chi connectivity index (χ2n) is 5.71. The fourth-order valence-electron chi connectivity index (χ4n) is 2.82. The van der Waals surface area contributed by atoms with E-state index in [-0.39, 0.29) is 11.9 Å². The Morgan fingerprint density at radius 1 is 1.29 bits per heavy atom. The predicted molar refractivity (Wildman–Crippen MR) is 91.4 cm³/mol. The highest BCUT2D eigenvalue weighted by molar-refractivity contribution is 6.30. The molecule has 6 heteroatoms. The maximum atomic E-state index is 12.6. The van der Waals surface area contributed by atoms with Gasteiger partial charge in [0, 0.05) is 30.9 Å². The van der Waals surface area contributed by atoms with Crippen LogP contribution in [0.4, 0.5) is 0 Å². The van der Waals surface area contributed by atoms with E-state index in [1.165, 1.54) is 6.20 Å². The van der Waals surface area contributed by atoms with Crippen molar-refractivity contribution in [2.24, 2.45) is 0 Å². The molecular weight excluding hydrogens is 324 g/mol. The number of halogens is 1. The van der Waals surface area contributed by atoms with Crippen molar-refractivity contribution < 1.29 is 4.79 Å². The summed E-state index contributed by atoms with van der Waals surface area (Å²) < 4.78 is 0. The molecule has 1 atom stereocenters. The van der Waals surface area contributed by atoms with Gasteiger partial charge in [-0.05, 0) is 17.7 Å². The highest BCUT2D eigenvalue weighted by Crippen LogP contribution is 2.17. The molecular formula is C18H17ClN4O. The molecule has 1 amide bonds. The van der Waals surface area contributed by atoms with Crippen molar-refractivity contribution in [3.05, 3.63) is 64.9 Å². The summed E-state index contributed by atoms with van der Waals surface area (Å²) >= 11 is 5.93. The Bertz CT molecular complexity index is 759. The summed E-state index contributed by atoms with van der Waals surface area (Å²) in [6.45, 7) is 2.30. The zero-order valence-electron chi connectivity index (χ0n) is 13.1. The first kappa shape index (κ1) is 16.4. The van der Waals surface area contributed by atoms with Crippen molar-refractivity contribution in [3.63, 3.8) is 0 Å². The summed E-state index contributed by atoms with van der Waals surface area (Å²) in [6, 6.07) is 15.2. The molecule has 2 aromatic rings. The van der Waals surface area contributed by atoms with E-state index in [0.29, 0.717) is 36.9 Å². The summed E-state index contributed by atoms with van der Waals surface area (Å²) in [6.07, 6.45) is 1.52. The van der Waals surface area contributed by atoms with Crippen LogP contribution in [0.3, 0.4) is 0 Å². The Balaban J connectivity index is 1.68. The Kier molecular flexibility index (Phi) is 5.09. The monoisotopic (exact) mass is 340 g/mol. The van der Waals surface area contributed by atoms with Crippen molar-refractivity contribution in [1.82, 2.24) is 14.8 Å². The van der Waals surface area contributed by atoms with Crippen LogP contribution in [0.1, 0.15) is 16.1 Å². The average Bonchev–Trinajstić information content (AvgIpc) is 2.62. The maximum Gasteiger partial charge on any atom is 0.272 e. The fraction of sp³-hybridized carbons (Fsp3) is 0.278. The minimum absolute atomic E-state index is 0.183. The van der Waals surface area contributed by atoms with Gasteiger partial charge in [-0.1, -0.05) is 41.9 Å². The number of rotatable bonds is 3. The van der Waals surface area contributed by atoms with Gasteiger partial charge in [0.15, 0.2) is 0 Å². The number of nitriles is 1. The Morgan fingerprint density at radius 2 is 2.08 bits per heavy atom. The molecule has 1 aromatic carbocycles. The molecule has 0 aliphatic carbocycles. The van der Waals surface area contributed by atoms with Gasteiger partial charge < -0.3 is 4.90 Å². The molecule has 24 heavy (non-hydrogen) atoms. The standard InChI is InChI=1S/C18H17ClN4O/c19-15-6-7-21-17(10-15)18(24)23-9-8-22(16(11-20)13-23)12-14-4-2-1-3-5-14/h1-7,10,16H,8-9,12-13H2. The van der Waals surface area contributed by atoms with Gasteiger partial charge in [-0.3, -0.25) is 14.7 Å². The number of carbonyl (C=O) groups is 1. The SMILES string of the molecule is N#CC1CN(C(=O)c2cc(Cl)ccn2)CCN1Cc1ccccc1. The normalized spacial score (nSPS) is 18.2. The van der Waals surface area contributed by atoms with Crippen LogP contribution < -0.4 is 0 Å². The van der Waals surface area contributed by atoms with Gasteiger partial charge in [-0.15, -0.1) is 0 Å². The zero-order chi connectivity index (χ0) is 16.9. The summed E-state index contributed by atoms with van der Waals surface area (Å²) in [5, 5.41) is 9.97. The summed E-state index contributed by atoms with van der Waals surface area (Å²) in [4.78, 5) is 20.4. The Hall–Kier alpha value is -2.42. The smallest absolute Gasteiger partial charge is 0.272 e. The van der Waals surface area contributed by atoms with Crippen LogP contribution in [0.2, 0.25) is 5.02 Å². The fourth-order valence-corrected chi connectivity index (χ4v) is 2.98. The molecule has 0 radical (unpaired) electrons. The lowest BCUT2D eigenvalue weighted by atomic mass is 10.1. The van der Waals surface area contributed by atoms with Crippen molar-refractivity contribution in [2.75, 3.05) is 19.6 Å². The molecule has 1 saturated heterocycles. The van der Waals surface area contributed by atoms with Crippen LogP contribution in [0.25, 0.3) is 0 Å². The lowest BCUT2D eigenvalue weighted by Gasteiger charge is -2.38. The number of amides is 1. The number of piperazine rings is 1. The Morgan fingerprint density at radius 3 is 2.79 bits per heavy atom. The number of pyridine rings is 1. The summed E-state index contributed by atoms with van der Waals surface area (Å²) in [7, 11) is 0. The van der Waals surface area contributed by atoms with Crippen molar-refractivity contribution >= 4 is 17.5 Å². The molecule has 0 bridgehead atoms. The largest absolute Gasteiger partial charge is 0.333 e. The van der Waals surface area contributed by atoms with E-state index < -0.39 is 0 Å². The quantitative estimate of drug-likeness (QED) is 0.861. The lowest BCUT2D eigenvalue weighted by molar-refractivity contribution is 0.0547. The molecule has 122 valence electrons. The van der Waals surface area contributed by atoms with Crippen LogP contribution in [0.5, 0.6) is 0 Å². The lowest BCUT2D eigenvalue weighted by Crippen LogP contribution is -2.53. The minimum atomic E-state index is -0.331. The van der Waals surface area contributed by atoms with E-state index in [4.69, 9.17) is 11.6 Å². The van der Waals surface area contributed by atoms with E-state index >= 15 is 0 Å². The topological polar surface area (TPSA) is 60.2 Å². The van der Waals surface area contributed by atoms with Crippen LogP contribution >= 0.6 is 11.6 Å². The molecule has 0 saturated carbocycles. The van der Waals surface area contributed by atoms with Crippen LogP contribution in [-0.4, -0.2) is 46.4 Å². The van der Waals surface area contributed by atoms with Crippen molar-refractivity contribution in [3.8, 4) is 6.07 Å². The number of hydrogen-bond acceptors (Lipinski definition) is 4. The van der Waals surface area contributed by atoms with Gasteiger partial charge in [0.1, 0.15) is 11.7 Å². The first-order valence-corrected chi connectivity index (χ1v) is 8.13. The first-order chi connectivity index (χ1) is 11.7. The van der Waals surface area contributed by atoms with Crippen LogP contribution in [-0.2, 0) is 6.54 Å². The molecule has 5 nitrogen and oxygen atoms in total. The van der Waals surface area contributed by atoms with Gasteiger partial charge in [0.2, 0.25) is 0 Å². The molecule has 1 aliphatic rings. The molecule has 1 aliphatic heterocycles. The second kappa shape index (κ2) is 7.43. The Labute approximate surface area is 146 Å². The third kappa shape index (κ3) is 3.73. The van der Waals surface area contributed by atoms with Crippen molar-refractivity contribution in [1.29, 1.82) is 5.26 Å². The minimum Gasteiger partial charge on any atom is -0.333 e. The second-order valence-corrected chi connectivity index (χ2v) is 6.15. The van der Waals surface area contributed by atoms with Crippen LogP contribution in [0.15, 0.2) is 48.7 Å². The highest BCUT2D eigenvalue weighted by Gasteiger charge is 2.30. The average molecular weight is 341 g/mol. The van der Waals surface area contributed by atoms with Gasteiger partial charge in [-0.25, -0.2) is 0 Å². The number of nitrogens with zero attached hydrogens (tertiary/aromatic N) is 4. The molecule has 2 heterocycles. The molecule has 1 unspecified atom stereocenters. The number of aromatic nitrogens is 1. The van der Waals surface area contributed by atoms with Crippen LogP contribution in [0, 0.1) is 11.3 Å². The molecule has 1 fully saturated rings. The first-order valence-electron chi connectivity index (χ1n) is 7.76. The molecule has 0 spiro atoms. The van der Waals surface area contributed by atoms with E-state index in [1.807, 2.05) is 30.3 Å². The van der Waals surface area contributed by atoms with E-state index in [9.17, 15) is 10.1 Å². The van der Waals surface area contributed by atoms with Gasteiger partial charge in [0.25, 0.3) is 5.91 Å². The molecule has 3 rings (SSSR count). The van der Waals surface area contributed by atoms with Gasteiger partial charge in [-0.2, -0.15) is 5.26 Å². The maximum absolute atomic E-state index is 12.6. The number of hydrogen-bond donors (Lipinski definition) is 0. The molecule has 1 aromatic heterocycles.